The molecule has 1 aliphatic heterocycles. The van der Waals surface area contributed by atoms with Crippen molar-refractivity contribution in [1.82, 2.24) is 9.55 Å². The fourth-order valence-electron chi connectivity index (χ4n) is 10.8. The van der Waals surface area contributed by atoms with Gasteiger partial charge in [-0.05, 0) is 145 Å². The zero-order chi connectivity index (χ0) is 53.8. The standard InChI is InChI=1S/C72H71N4O.Pt/c1-48(2)37-49-33-35-73-69(38-49)76-65-32-27-52(50-19-13-12-14-20-50)43-64(65)63-31-29-61(46-68(63)76)77-60-24-18-23-59(45-60)75-47-74(66-25-15-16-26-67(66)75)36-34-54-40-56(70(3,4)5)28-30-62(54)53-22-17-21-51(39-53)55-41-57(71(6,7)8)44-58(42-55)72(9,10)11;/h12-33,35,38-44,47-48H,34,36-37H2,1-11H3;/q-3;. The first-order valence-corrected chi connectivity index (χ1v) is 27.5. The maximum absolute atomic E-state index is 6.74. The third-order valence-electron chi connectivity index (χ3n) is 15.1. The van der Waals surface area contributed by atoms with E-state index in [2.05, 4.69) is 267 Å². The van der Waals surface area contributed by atoms with Crippen LogP contribution in [0.1, 0.15) is 104 Å². The van der Waals surface area contributed by atoms with E-state index in [0.717, 1.165) is 69.6 Å². The van der Waals surface area contributed by atoms with Crippen LogP contribution in [-0.2, 0) is 50.2 Å². The fraction of sp³-hybridized carbons (Fsp3) is 0.250. The molecule has 0 fully saturated rings. The van der Waals surface area contributed by atoms with E-state index >= 15 is 0 Å². The van der Waals surface area contributed by atoms with Crippen molar-refractivity contribution in [3.05, 3.63) is 229 Å². The Morgan fingerprint density at radius 2 is 1.21 bits per heavy atom. The molecule has 8 aromatic carbocycles. The zero-order valence-electron chi connectivity index (χ0n) is 47.1. The van der Waals surface area contributed by atoms with Crippen LogP contribution in [-0.4, -0.2) is 16.1 Å². The van der Waals surface area contributed by atoms with Crippen molar-refractivity contribution < 1.29 is 25.8 Å². The summed E-state index contributed by atoms with van der Waals surface area (Å²) in [5, 5.41) is 2.23. The van der Waals surface area contributed by atoms with E-state index in [9.17, 15) is 0 Å². The Morgan fingerprint density at radius 3 is 1.94 bits per heavy atom. The largest absolute Gasteiger partial charge is 0.509 e. The molecule has 0 saturated carbocycles. The van der Waals surface area contributed by atoms with Gasteiger partial charge in [0.15, 0.2) is 0 Å². The molecular formula is C72H71N4OPt-3. The van der Waals surface area contributed by atoms with E-state index in [4.69, 9.17) is 9.72 Å². The van der Waals surface area contributed by atoms with Crippen LogP contribution >= 0.6 is 0 Å². The second kappa shape index (κ2) is 21.6. The average Bonchev–Trinajstić information content (AvgIpc) is 4.16. The molecule has 0 saturated heterocycles. The average molecular weight is 1200 g/mol. The number of ether oxygens (including phenoxy) is 1. The van der Waals surface area contributed by atoms with E-state index < -0.39 is 0 Å². The summed E-state index contributed by atoms with van der Waals surface area (Å²) >= 11 is 0. The van der Waals surface area contributed by atoms with E-state index in [1.54, 1.807) is 0 Å². The van der Waals surface area contributed by atoms with Gasteiger partial charge >= 0.3 is 0 Å². The maximum atomic E-state index is 6.74. The maximum Gasteiger partial charge on any atom is 0.135 e. The summed E-state index contributed by atoms with van der Waals surface area (Å²) < 4.78 is 8.97. The molecule has 0 unspecified atom stereocenters. The van der Waals surface area contributed by atoms with Crippen LogP contribution in [0.4, 0.5) is 17.1 Å². The van der Waals surface area contributed by atoms with E-state index in [-0.39, 0.29) is 37.3 Å². The molecule has 0 radical (unpaired) electrons. The summed E-state index contributed by atoms with van der Waals surface area (Å²) in [5.41, 5.74) is 19.2. The first kappa shape index (κ1) is 54.2. The van der Waals surface area contributed by atoms with Gasteiger partial charge in [0.2, 0.25) is 0 Å². The number of rotatable bonds is 12. The predicted molar refractivity (Wildman–Crippen MR) is 324 cm³/mol. The number of anilines is 3. The smallest absolute Gasteiger partial charge is 0.135 e. The molecule has 11 rings (SSSR count). The van der Waals surface area contributed by atoms with Crippen LogP contribution in [0.5, 0.6) is 11.5 Å². The Labute approximate surface area is 478 Å². The van der Waals surface area contributed by atoms with Gasteiger partial charge in [0.1, 0.15) is 5.82 Å². The van der Waals surface area contributed by atoms with Crippen LogP contribution in [0.15, 0.2) is 182 Å². The van der Waals surface area contributed by atoms with Crippen LogP contribution in [0.25, 0.3) is 61.0 Å². The molecule has 0 N–H and O–H groups in total. The summed E-state index contributed by atoms with van der Waals surface area (Å²) in [4.78, 5) is 9.57. The number of benzene rings is 8. The van der Waals surface area contributed by atoms with Gasteiger partial charge < -0.3 is 19.1 Å². The van der Waals surface area contributed by atoms with Crippen molar-refractivity contribution in [2.45, 2.75) is 105 Å². The van der Waals surface area contributed by atoms with E-state index in [1.807, 2.05) is 24.4 Å². The molecule has 10 aromatic rings. The number of fused-ring (bicyclic) bond motifs is 4. The number of hydrogen-bond donors (Lipinski definition) is 0. The number of nitrogens with zero attached hydrogens (tertiary/aromatic N) is 4. The predicted octanol–water partition coefficient (Wildman–Crippen LogP) is 19.0. The first-order valence-electron chi connectivity index (χ1n) is 27.5. The zero-order valence-corrected chi connectivity index (χ0v) is 49.4. The third kappa shape index (κ3) is 11.2. The molecule has 0 bridgehead atoms. The van der Waals surface area contributed by atoms with Crippen LogP contribution in [0.3, 0.4) is 0 Å². The molecule has 5 nitrogen and oxygen atoms in total. The molecule has 0 amide bonds. The Kier molecular flexibility index (Phi) is 15.0. The second-order valence-electron chi connectivity index (χ2n) is 24.6. The molecule has 0 atom stereocenters. The Balaban J connectivity index is 0.00000688. The van der Waals surface area contributed by atoms with Gasteiger partial charge in [0.25, 0.3) is 0 Å². The topological polar surface area (TPSA) is 33.5 Å². The van der Waals surface area contributed by atoms with Crippen LogP contribution in [0.2, 0.25) is 0 Å². The van der Waals surface area contributed by atoms with Gasteiger partial charge in [-0.15, -0.1) is 41.4 Å². The van der Waals surface area contributed by atoms with Crippen molar-refractivity contribution in [1.29, 1.82) is 0 Å². The monoisotopic (exact) mass is 1200 g/mol. The van der Waals surface area contributed by atoms with Gasteiger partial charge in [0.05, 0.1) is 0 Å². The van der Waals surface area contributed by atoms with Gasteiger partial charge in [0, 0.05) is 55.7 Å². The minimum atomic E-state index is 0. The number of hydrogen-bond acceptors (Lipinski definition) is 4. The molecule has 6 heteroatoms. The first-order chi connectivity index (χ1) is 36.8. The Morgan fingerprint density at radius 1 is 0.538 bits per heavy atom. The molecular weight excluding hydrogens is 1130 g/mol. The SMILES string of the molecule is CC(C)Cc1ccnc(-n2c3[c-]c(Oc4[c-]c(N5[CH-]N(CCc6cc(C(C)(C)C)ccc6-c6cccc(-c7cc(C(C)(C)C)cc(C(C)(C)C)c7)c6)c6ccccc65)ccc4)ccc3c3cc(-c4ccccc4)ccc32)c1.[Pt]. The van der Waals surface area contributed by atoms with Gasteiger partial charge in [-0.25, -0.2) is 4.98 Å². The molecule has 2 aromatic heterocycles. The van der Waals surface area contributed by atoms with Crippen molar-refractivity contribution in [3.63, 3.8) is 0 Å². The summed E-state index contributed by atoms with van der Waals surface area (Å²) in [7, 11) is 0. The van der Waals surface area contributed by atoms with Crippen LogP contribution < -0.4 is 14.5 Å². The van der Waals surface area contributed by atoms with Crippen molar-refractivity contribution >= 4 is 38.9 Å². The Bertz CT molecular complexity index is 3760. The van der Waals surface area contributed by atoms with E-state index in [0.29, 0.717) is 17.4 Å². The molecule has 1 aliphatic rings. The van der Waals surface area contributed by atoms with E-state index in [1.165, 1.54) is 55.6 Å². The van der Waals surface area contributed by atoms with Gasteiger partial charge in [-0.3, -0.25) is 0 Å². The molecule has 0 spiro atoms. The minimum Gasteiger partial charge on any atom is -0.509 e. The quantitative estimate of drug-likeness (QED) is 0.114. The molecule has 398 valence electrons. The second-order valence-corrected chi connectivity index (χ2v) is 24.6. The summed E-state index contributed by atoms with van der Waals surface area (Å²) in [5.74, 6) is 2.61. The normalized spacial score (nSPS) is 12.9. The molecule has 3 heterocycles. The number of pyridine rings is 1. The van der Waals surface area contributed by atoms with Crippen molar-refractivity contribution in [3.8, 4) is 50.7 Å². The number of para-hydroxylation sites is 2. The number of aromatic nitrogens is 2. The third-order valence-corrected chi connectivity index (χ3v) is 15.1. The fourth-order valence-corrected chi connectivity index (χ4v) is 10.8. The van der Waals surface area contributed by atoms with Gasteiger partial charge in [-0.1, -0.05) is 191 Å². The van der Waals surface area contributed by atoms with Crippen LogP contribution in [0, 0.1) is 24.7 Å². The Hall–Kier alpha value is -7.20. The minimum absolute atomic E-state index is 0. The van der Waals surface area contributed by atoms with Gasteiger partial charge in [-0.2, -0.15) is 18.8 Å². The van der Waals surface area contributed by atoms with Crippen molar-refractivity contribution in [2.24, 2.45) is 5.92 Å². The molecule has 78 heavy (non-hydrogen) atoms. The van der Waals surface area contributed by atoms with Crippen molar-refractivity contribution in [2.75, 3.05) is 16.3 Å². The summed E-state index contributed by atoms with van der Waals surface area (Å²) in [6.45, 7) is 28.3. The summed E-state index contributed by atoms with van der Waals surface area (Å²) in [6.07, 6.45) is 3.75. The molecule has 0 aliphatic carbocycles. The summed E-state index contributed by atoms with van der Waals surface area (Å²) in [6, 6.07) is 71.4.